The van der Waals surface area contributed by atoms with E-state index in [1.807, 2.05) is 7.05 Å². The van der Waals surface area contributed by atoms with Crippen LogP contribution in [0.2, 0.25) is 0 Å². The molecule has 1 saturated carbocycles. The van der Waals surface area contributed by atoms with Gasteiger partial charge in [-0.05, 0) is 12.8 Å². The second kappa shape index (κ2) is 4.49. The summed E-state index contributed by atoms with van der Waals surface area (Å²) in [4.78, 5) is 13.8. The van der Waals surface area contributed by atoms with Gasteiger partial charge in [-0.2, -0.15) is 0 Å². The molecule has 4 nitrogen and oxygen atoms in total. The molecule has 0 aromatic heterocycles. The van der Waals surface area contributed by atoms with Gasteiger partial charge in [-0.1, -0.05) is 12.8 Å². The van der Waals surface area contributed by atoms with Crippen LogP contribution in [0, 0.1) is 5.92 Å². The second-order valence-electron chi connectivity index (χ2n) is 4.72. The van der Waals surface area contributed by atoms with Gasteiger partial charge in [-0.3, -0.25) is 4.79 Å². The molecule has 2 rings (SSSR count). The quantitative estimate of drug-likeness (QED) is 0.676. The second-order valence-corrected chi connectivity index (χ2v) is 4.72. The van der Waals surface area contributed by atoms with E-state index in [4.69, 9.17) is 0 Å². The minimum Gasteiger partial charge on any atom is -0.390 e. The molecule has 1 amide bonds. The van der Waals surface area contributed by atoms with Crippen molar-refractivity contribution in [2.45, 2.75) is 37.8 Å². The normalized spacial score (nSPS) is 32.1. The van der Waals surface area contributed by atoms with Crippen molar-refractivity contribution in [3.05, 3.63) is 0 Å². The van der Waals surface area contributed by atoms with E-state index in [2.05, 4.69) is 5.32 Å². The molecule has 0 bridgehead atoms. The molecule has 0 spiro atoms. The summed E-state index contributed by atoms with van der Waals surface area (Å²) in [6.07, 6.45) is 4.00. The molecule has 15 heavy (non-hydrogen) atoms. The Balaban J connectivity index is 1.94. The first-order chi connectivity index (χ1) is 7.20. The van der Waals surface area contributed by atoms with Crippen LogP contribution in [-0.4, -0.2) is 48.2 Å². The lowest BCUT2D eigenvalue weighted by molar-refractivity contribution is -0.137. The fourth-order valence-corrected chi connectivity index (χ4v) is 2.67. The van der Waals surface area contributed by atoms with E-state index in [0.717, 1.165) is 19.4 Å². The number of carbonyl (C=O) groups excluding carboxylic acids is 1. The van der Waals surface area contributed by atoms with Gasteiger partial charge in [0.1, 0.15) is 0 Å². The van der Waals surface area contributed by atoms with E-state index < -0.39 is 6.10 Å². The number of nitrogens with one attached hydrogen (secondary N) is 1. The zero-order chi connectivity index (χ0) is 10.8. The largest absolute Gasteiger partial charge is 0.390 e. The van der Waals surface area contributed by atoms with E-state index in [0.29, 0.717) is 6.54 Å². The third-order valence-corrected chi connectivity index (χ3v) is 3.70. The number of β-amino-alcohol motifs (C(OH)–C–C–N with tert-alkyl or cyclic N) is 1. The molecule has 1 heterocycles. The summed E-state index contributed by atoms with van der Waals surface area (Å²) >= 11 is 0. The minimum absolute atomic E-state index is 0.0295. The predicted molar refractivity (Wildman–Crippen MR) is 57.4 cm³/mol. The monoisotopic (exact) mass is 212 g/mol. The summed E-state index contributed by atoms with van der Waals surface area (Å²) in [7, 11) is 1.82. The average molecular weight is 212 g/mol. The molecule has 1 aliphatic carbocycles. The van der Waals surface area contributed by atoms with Crippen molar-refractivity contribution in [1.82, 2.24) is 10.2 Å². The zero-order valence-electron chi connectivity index (χ0n) is 9.28. The van der Waals surface area contributed by atoms with Crippen molar-refractivity contribution in [2.75, 3.05) is 20.1 Å². The molecule has 1 aliphatic heterocycles. The van der Waals surface area contributed by atoms with Gasteiger partial charge in [0, 0.05) is 26.1 Å². The Kier molecular flexibility index (Phi) is 3.26. The van der Waals surface area contributed by atoms with Crippen LogP contribution < -0.4 is 5.32 Å². The highest BCUT2D eigenvalue weighted by Crippen LogP contribution is 2.27. The summed E-state index contributed by atoms with van der Waals surface area (Å²) < 4.78 is 0. The van der Waals surface area contributed by atoms with Crippen molar-refractivity contribution in [3.63, 3.8) is 0 Å². The molecule has 86 valence electrons. The molecular formula is C11H20N2O2. The Bertz CT molecular complexity index is 239. The molecule has 2 fully saturated rings. The number of likely N-dealkylation sites (N-methyl/N-ethyl adjacent to an activating group) is 1. The number of aliphatic hydroxyl groups is 1. The smallest absolute Gasteiger partial charge is 0.225 e. The van der Waals surface area contributed by atoms with Crippen LogP contribution in [0.5, 0.6) is 0 Å². The van der Waals surface area contributed by atoms with Gasteiger partial charge in [0.05, 0.1) is 12.1 Å². The van der Waals surface area contributed by atoms with Crippen LogP contribution in [0.15, 0.2) is 0 Å². The van der Waals surface area contributed by atoms with Gasteiger partial charge in [-0.25, -0.2) is 0 Å². The van der Waals surface area contributed by atoms with Crippen LogP contribution in [0.1, 0.15) is 25.7 Å². The number of rotatable bonds is 2. The van der Waals surface area contributed by atoms with Crippen molar-refractivity contribution in [2.24, 2.45) is 5.92 Å². The lowest BCUT2D eigenvalue weighted by atomic mass is 10.0. The van der Waals surface area contributed by atoms with Crippen LogP contribution >= 0.6 is 0 Å². The Morgan fingerprint density at radius 3 is 2.53 bits per heavy atom. The Morgan fingerprint density at radius 1 is 1.33 bits per heavy atom. The summed E-state index contributed by atoms with van der Waals surface area (Å²) in [5.74, 6) is 0.433. The van der Waals surface area contributed by atoms with E-state index in [9.17, 15) is 9.90 Å². The van der Waals surface area contributed by atoms with E-state index in [-0.39, 0.29) is 17.9 Å². The Morgan fingerprint density at radius 2 is 2.00 bits per heavy atom. The van der Waals surface area contributed by atoms with E-state index in [1.54, 1.807) is 4.90 Å². The number of nitrogens with zero attached hydrogens (tertiary/aromatic N) is 1. The topological polar surface area (TPSA) is 52.6 Å². The Hall–Kier alpha value is -0.610. The number of amides is 1. The zero-order valence-corrected chi connectivity index (χ0v) is 9.28. The fraction of sp³-hybridized carbons (Fsp3) is 0.909. The van der Waals surface area contributed by atoms with Gasteiger partial charge in [0.25, 0.3) is 0 Å². The molecule has 1 saturated heterocycles. The third kappa shape index (κ3) is 2.16. The van der Waals surface area contributed by atoms with Crippen LogP contribution in [-0.2, 0) is 4.79 Å². The number of hydrogen-bond acceptors (Lipinski definition) is 3. The lowest BCUT2D eigenvalue weighted by Crippen LogP contribution is -2.46. The van der Waals surface area contributed by atoms with Gasteiger partial charge >= 0.3 is 0 Å². The molecule has 2 atom stereocenters. The average Bonchev–Trinajstić information content (AvgIpc) is 2.85. The summed E-state index contributed by atoms with van der Waals surface area (Å²) in [5, 5.41) is 12.8. The minimum atomic E-state index is -0.402. The molecule has 0 unspecified atom stereocenters. The molecule has 0 aromatic rings. The first-order valence-corrected chi connectivity index (χ1v) is 5.85. The molecular weight excluding hydrogens is 192 g/mol. The number of aliphatic hydroxyl groups excluding tert-OH is 1. The van der Waals surface area contributed by atoms with Crippen molar-refractivity contribution >= 4 is 5.91 Å². The van der Waals surface area contributed by atoms with Gasteiger partial charge in [0.15, 0.2) is 0 Å². The summed E-state index contributed by atoms with van der Waals surface area (Å²) in [6.45, 7) is 1.32. The maximum atomic E-state index is 12.1. The standard InChI is InChI=1S/C11H20N2O2/c1-13(9-6-12-7-10(9)14)11(15)8-4-2-3-5-8/h8-10,12,14H,2-7H2,1H3/t9-,10-/m0/s1. The number of hydrogen-bond donors (Lipinski definition) is 2. The van der Waals surface area contributed by atoms with E-state index >= 15 is 0 Å². The van der Waals surface area contributed by atoms with Crippen LogP contribution in [0.4, 0.5) is 0 Å². The van der Waals surface area contributed by atoms with Crippen molar-refractivity contribution in [1.29, 1.82) is 0 Å². The summed E-state index contributed by atoms with van der Waals surface area (Å²) in [6, 6.07) is -0.0295. The SMILES string of the molecule is CN(C(=O)C1CCCC1)[C@H]1CNC[C@@H]1O. The van der Waals surface area contributed by atoms with E-state index in [1.165, 1.54) is 12.8 Å². The molecule has 2 N–H and O–H groups in total. The van der Waals surface area contributed by atoms with Gasteiger partial charge in [0.2, 0.25) is 5.91 Å². The fourth-order valence-electron chi connectivity index (χ4n) is 2.67. The van der Waals surface area contributed by atoms with Crippen LogP contribution in [0.25, 0.3) is 0 Å². The maximum Gasteiger partial charge on any atom is 0.225 e. The van der Waals surface area contributed by atoms with Crippen molar-refractivity contribution in [3.8, 4) is 0 Å². The lowest BCUT2D eigenvalue weighted by Gasteiger charge is -2.28. The molecule has 0 aromatic carbocycles. The highest BCUT2D eigenvalue weighted by molar-refractivity contribution is 5.79. The molecule has 2 aliphatic rings. The Labute approximate surface area is 90.6 Å². The first kappa shape index (κ1) is 10.9. The third-order valence-electron chi connectivity index (χ3n) is 3.70. The predicted octanol–water partition coefficient (Wildman–Crippen LogP) is -0.0323. The summed E-state index contributed by atoms with van der Waals surface area (Å²) in [5.41, 5.74) is 0. The van der Waals surface area contributed by atoms with Gasteiger partial charge in [-0.15, -0.1) is 0 Å². The number of carbonyl (C=O) groups is 1. The highest BCUT2D eigenvalue weighted by Gasteiger charge is 2.34. The maximum absolute atomic E-state index is 12.1. The molecule has 0 radical (unpaired) electrons. The van der Waals surface area contributed by atoms with Crippen molar-refractivity contribution < 1.29 is 9.90 Å². The van der Waals surface area contributed by atoms with Gasteiger partial charge < -0.3 is 15.3 Å². The molecule has 4 heteroatoms. The first-order valence-electron chi connectivity index (χ1n) is 5.85. The van der Waals surface area contributed by atoms with Crippen LogP contribution in [0.3, 0.4) is 0 Å². The highest BCUT2D eigenvalue weighted by atomic mass is 16.3.